The second-order valence-electron chi connectivity index (χ2n) is 4.86. The highest BCUT2D eigenvalue weighted by molar-refractivity contribution is 5.99. The highest BCUT2D eigenvalue weighted by Crippen LogP contribution is 2.36. The first-order valence-corrected chi connectivity index (χ1v) is 7.27. The summed E-state index contributed by atoms with van der Waals surface area (Å²) in [5, 5.41) is 6.71. The summed E-state index contributed by atoms with van der Waals surface area (Å²) in [6.45, 7) is 6.09. The zero-order valence-corrected chi connectivity index (χ0v) is 13.7. The molecule has 0 fully saturated rings. The van der Waals surface area contributed by atoms with Gasteiger partial charge in [0.05, 0.1) is 31.2 Å². The summed E-state index contributed by atoms with van der Waals surface area (Å²) in [5.74, 6) is 1.08. The molecule has 0 saturated heterocycles. The molecule has 2 rings (SSSR count). The van der Waals surface area contributed by atoms with Gasteiger partial charge in [0.25, 0.3) is 5.91 Å². The van der Waals surface area contributed by atoms with Gasteiger partial charge in [-0.1, -0.05) is 5.16 Å². The SMILES string of the molecule is CCOC=CC(=O)Nc1ccc(-c2c(C)noc2C)c(OC)c1. The van der Waals surface area contributed by atoms with Crippen LogP contribution in [0, 0.1) is 13.8 Å². The number of aromatic nitrogens is 1. The average molecular weight is 316 g/mol. The van der Waals surface area contributed by atoms with E-state index in [2.05, 4.69) is 10.5 Å². The van der Waals surface area contributed by atoms with Crippen LogP contribution < -0.4 is 10.1 Å². The summed E-state index contributed by atoms with van der Waals surface area (Å²) in [5.41, 5.74) is 3.18. The van der Waals surface area contributed by atoms with Crippen molar-refractivity contribution in [3.63, 3.8) is 0 Å². The quantitative estimate of drug-likeness (QED) is 0.652. The minimum absolute atomic E-state index is 0.273. The second-order valence-corrected chi connectivity index (χ2v) is 4.86. The van der Waals surface area contributed by atoms with Crippen molar-refractivity contribution in [1.29, 1.82) is 0 Å². The molecule has 0 atom stereocenters. The molecule has 1 aromatic carbocycles. The monoisotopic (exact) mass is 316 g/mol. The predicted octanol–water partition coefficient (Wildman–Crippen LogP) is 3.46. The van der Waals surface area contributed by atoms with Crippen molar-refractivity contribution in [1.82, 2.24) is 5.16 Å². The first kappa shape index (κ1) is 16.6. The van der Waals surface area contributed by atoms with Crippen LogP contribution in [0.15, 0.2) is 35.1 Å². The highest BCUT2D eigenvalue weighted by Gasteiger charge is 2.16. The number of rotatable bonds is 6. The fourth-order valence-electron chi connectivity index (χ4n) is 2.23. The lowest BCUT2D eigenvalue weighted by molar-refractivity contribution is -0.112. The van der Waals surface area contributed by atoms with Gasteiger partial charge in [0.15, 0.2) is 0 Å². The molecule has 6 nitrogen and oxygen atoms in total. The van der Waals surface area contributed by atoms with E-state index in [1.165, 1.54) is 12.3 Å². The maximum atomic E-state index is 11.8. The van der Waals surface area contributed by atoms with Crippen molar-refractivity contribution < 1.29 is 18.8 Å². The van der Waals surface area contributed by atoms with Gasteiger partial charge in [0, 0.05) is 23.4 Å². The van der Waals surface area contributed by atoms with Gasteiger partial charge >= 0.3 is 0 Å². The number of hydrogen-bond donors (Lipinski definition) is 1. The number of carbonyl (C=O) groups excluding carboxylic acids is 1. The summed E-state index contributed by atoms with van der Waals surface area (Å²) >= 11 is 0. The smallest absolute Gasteiger partial charge is 0.251 e. The van der Waals surface area contributed by atoms with E-state index in [0.717, 1.165) is 22.6 Å². The summed E-state index contributed by atoms with van der Waals surface area (Å²) in [7, 11) is 1.58. The number of hydrogen-bond acceptors (Lipinski definition) is 5. The largest absolute Gasteiger partial charge is 0.501 e. The first-order chi connectivity index (χ1) is 11.1. The van der Waals surface area contributed by atoms with Crippen molar-refractivity contribution in [3.8, 4) is 16.9 Å². The number of aryl methyl sites for hydroxylation is 2. The van der Waals surface area contributed by atoms with Crippen molar-refractivity contribution in [2.24, 2.45) is 0 Å². The molecule has 0 bridgehead atoms. The number of anilines is 1. The van der Waals surface area contributed by atoms with Gasteiger partial charge in [-0.05, 0) is 32.9 Å². The van der Waals surface area contributed by atoms with Crippen molar-refractivity contribution >= 4 is 11.6 Å². The standard InChI is InChI=1S/C17H20N2O4/c1-5-22-9-8-16(20)18-13-6-7-14(15(10-13)21-4)17-11(2)19-23-12(17)3/h6-10H,5H2,1-4H3,(H,18,20). The van der Waals surface area contributed by atoms with E-state index >= 15 is 0 Å². The zero-order chi connectivity index (χ0) is 16.8. The Morgan fingerprint density at radius 1 is 1.39 bits per heavy atom. The number of nitrogens with one attached hydrogen (secondary N) is 1. The molecule has 0 unspecified atom stereocenters. The minimum atomic E-state index is -0.273. The molecular formula is C17H20N2O4. The van der Waals surface area contributed by atoms with Gasteiger partial charge in [-0.15, -0.1) is 0 Å². The maximum absolute atomic E-state index is 11.8. The fraction of sp³-hybridized carbons (Fsp3) is 0.294. The van der Waals surface area contributed by atoms with E-state index in [9.17, 15) is 4.79 Å². The Kier molecular flexibility index (Phi) is 5.41. The Labute approximate surface area is 135 Å². The number of amides is 1. The van der Waals surface area contributed by atoms with Gasteiger partial charge in [0.1, 0.15) is 11.5 Å². The molecule has 6 heteroatoms. The lowest BCUT2D eigenvalue weighted by Crippen LogP contribution is -2.08. The van der Waals surface area contributed by atoms with Crippen LogP contribution in [0.3, 0.4) is 0 Å². The molecule has 0 spiro atoms. The molecule has 1 heterocycles. The average Bonchev–Trinajstić information content (AvgIpc) is 2.86. The third-order valence-corrected chi connectivity index (χ3v) is 3.25. The number of benzene rings is 1. The normalized spacial score (nSPS) is 10.8. The lowest BCUT2D eigenvalue weighted by atomic mass is 10.0. The molecule has 1 amide bonds. The molecule has 122 valence electrons. The molecule has 2 aromatic rings. The van der Waals surface area contributed by atoms with Crippen molar-refractivity contribution in [2.45, 2.75) is 20.8 Å². The molecule has 0 saturated carbocycles. The van der Waals surface area contributed by atoms with Crippen LogP contribution in [-0.2, 0) is 9.53 Å². The number of nitrogens with zero attached hydrogens (tertiary/aromatic N) is 1. The Hall–Kier alpha value is -2.76. The van der Waals surface area contributed by atoms with E-state index < -0.39 is 0 Å². The predicted molar refractivity (Wildman–Crippen MR) is 87.4 cm³/mol. The third-order valence-electron chi connectivity index (χ3n) is 3.25. The number of carbonyl (C=O) groups is 1. The fourth-order valence-corrected chi connectivity index (χ4v) is 2.23. The first-order valence-electron chi connectivity index (χ1n) is 7.27. The van der Waals surface area contributed by atoms with Crippen LogP contribution in [0.5, 0.6) is 5.75 Å². The lowest BCUT2D eigenvalue weighted by Gasteiger charge is -2.11. The van der Waals surface area contributed by atoms with Crippen LogP contribution >= 0.6 is 0 Å². The molecule has 0 aliphatic heterocycles. The molecule has 0 aliphatic carbocycles. The van der Waals surface area contributed by atoms with Crippen LogP contribution in [-0.4, -0.2) is 24.8 Å². The number of methoxy groups -OCH3 is 1. The summed E-state index contributed by atoms with van der Waals surface area (Å²) in [6.07, 6.45) is 2.70. The summed E-state index contributed by atoms with van der Waals surface area (Å²) in [4.78, 5) is 11.8. The summed E-state index contributed by atoms with van der Waals surface area (Å²) in [6, 6.07) is 5.43. The Balaban J connectivity index is 2.25. The van der Waals surface area contributed by atoms with Gasteiger partial charge in [0.2, 0.25) is 0 Å². The molecule has 0 aliphatic rings. The van der Waals surface area contributed by atoms with Gasteiger partial charge in [-0.3, -0.25) is 4.79 Å². The van der Waals surface area contributed by atoms with E-state index in [1.54, 1.807) is 19.2 Å². The molecule has 0 radical (unpaired) electrons. The molecule has 1 aromatic heterocycles. The van der Waals surface area contributed by atoms with E-state index in [1.807, 2.05) is 26.8 Å². The highest BCUT2D eigenvalue weighted by atomic mass is 16.5. The maximum Gasteiger partial charge on any atom is 0.251 e. The van der Waals surface area contributed by atoms with Crippen molar-refractivity contribution in [2.75, 3.05) is 19.0 Å². The van der Waals surface area contributed by atoms with Gasteiger partial charge in [-0.25, -0.2) is 0 Å². The zero-order valence-electron chi connectivity index (χ0n) is 13.7. The van der Waals surface area contributed by atoms with Crippen LogP contribution in [0.4, 0.5) is 5.69 Å². The number of ether oxygens (including phenoxy) is 2. The van der Waals surface area contributed by atoms with E-state index in [0.29, 0.717) is 18.0 Å². The Morgan fingerprint density at radius 3 is 2.78 bits per heavy atom. The minimum Gasteiger partial charge on any atom is -0.501 e. The summed E-state index contributed by atoms with van der Waals surface area (Å²) < 4.78 is 15.6. The molecule has 23 heavy (non-hydrogen) atoms. The van der Waals surface area contributed by atoms with Gasteiger partial charge in [-0.2, -0.15) is 0 Å². The topological polar surface area (TPSA) is 73.6 Å². The molecular weight excluding hydrogens is 296 g/mol. The molecule has 1 N–H and O–H groups in total. The third kappa shape index (κ3) is 3.91. The van der Waals surface area contributed by atoms with E-state index in [4.69, 9.17) is 14.0 Å². The van der Waals surface area contributed by atoms with E-state index in [-0.39, 0.29) is 5.91 Å². The Morgan fingerprint density at radius 2 is 2.17 bits per heavy atom. The second kappa shape index (κ2) is 7.49. The van der Waals surface area contributed by atoms with Crippen LogP contribution in [0.2, 0.25) is 0 Å². The van der Waals surface area contributed by atoms with Crippen molar-refractivity contribution in [3.05, 3.63) is 42.0 Å². The van der Waals surface area contributed by atoms with Gasteiger partial charge < -0.3 is 19.3 Å². The Bertz CT molecular complexity index is 700. The van der Waals surface area contributed by atoms with Crippen LogP contribution in [0.1, 0.15) is 18.4 Å². The van der Waals surface area contributed by atoms with Crippen LogP contribution in [0.25, 0.3) is 11.1 Å².